The van der Waals surface area contributed by atoms with E-state index in [0.717, 1.165) is 0 Å². The predicted octanol–water partition coefficient (Wildman–Crippen LogP) is 0.0738. The number of carbonyl (C=O) groups excluding carboxylic acids is 1. The van der Waals surface area contributed by atoms with E-state index >= 15 is 0 Å². The lowest BCUT2D eigenvalue weighted by molar-refractivity contribution is 0.0930. The van der Waals surface area contributed by atoms with E-state index in [4.69, 9.17) is 5.73 Å². The van der Waals surface area contributed by atoms with Gasteiger partial charge in [-0.3, -0.25) is 9.48 Å². The largest absolute Gasteiger partial charge is 0.382 e. The van der Waals surface area contributed by atoms with E-state index in [9.17, 15) is 4.79 Å². The molecular formula is C11H14N6O. The van der Waals surface area contributed by atoms with Gasteiger partial charge in [-0.2, -0.15) is 5.10 Å². The monoisotopic (exact) mass is 246 g/mol. The molecule has 0 saturated carbocycles. The number of nitrogens with one attached hydrogen (secondary N) is 1. The zero-order valence-electron chi connectivity index (χ0n) is 9.95. The van der Waals surface area contributed by atoms with Crippen molar-refractivity contribution in [1.82, 2.24) is 25.1 Å². The van der Waals surface area contributed by atoms with Crippen molar-refractivity contribution in [3.05, 3.63) is 36.5 Å². The van der Waals surface area contributed by atoms with Gasteiger partial charge in [-0.15, -0.1) is 0 Å². The molecule has 0 saturated heterocycles. The minimum atomic E-state index is -0.276. The molecule has 94 valence electrons. The third-order valence-corrected chi connectivity index (χ3v) is 2.30. The van der Waals surface area contributed by atoms with Gasteiger partial charge in [0.15, 0.2) is 0 Å². The van der Waals surface area contributed by atoms with Crippen molar-refractivity contribution in [1.29, 1.82) is 0 Å². The third-order valence-electron chi connectivity index (χ3n) is 2.30. The molecule has 3 N–H and O–H groups in total. The Morgan fingerprint density at radius 2 is 2.33 bits per heavy atom. The summed E-state index contributed by atoms with van der Waals surface area (Å²) in [5.41, 5.74) is 5.65. The van der Waals surface area contributed by atoms with Gasteiger partial charge in [-0.25, -0.2) is 9.97 Å². The van der Waals surface area contributed by atoms with E-state index in [-0.39, 0.29) is 23.5 Å². The van der Waals surface area contributed by atoms with Crippen LogP contribution in [0.5, 0.6) is 0 Å². The van der Waals surface area contributed by atoms with Crippen LogP contribution in [0, 0.1) is 0 Å². The van der Waals surface area contributed by atoms with E-state index in [1.54, 1.807) is 10.9 Å². The highest BCUT2D eigenvalue weighted by Crippen LogP contribution is 1.98. The van der Waals surface area contributed by atoms with Crippen molar-refractivity contribution in [2.45, 2.75) is 19.5 Å². The molecule has 0 aliphatic heterocycles. The van der Waals surface area contributed by atoms with Gasteiger partial charge in [0.25, 0.3) is 5.91 Å². The quantitative estimate of drug-likeness (QED) is 0.795. The first kappa shape index (κ1) is 12.0. The zero-order chi connectivity index (χ0) is 13.0. The smallest absolute Gasteiger partial charge is 0.271 e. The summed E-state index contributed by atoms with van der Waals surface area (Å²) in [6.45, 7) is 2.49. The van der Waals surface area contributed by atoms with Crippen LogP contribution in [-0.4, -0.2) is 31.7 Å². The second-order valence-electron chi connectivity index (χ2n) is 3.93. The minimum Gasteiger partial charge on any atom is -0.382 e. The van der Waals surface area contributed by atoms with Gasteiger partial charge in [0.05, 0.1) is 18.9 Å². The lowest BCUT2D eigenvalue weighted by atomic mass is 10.3. The second kappa shape index (κ2) is 5.26. The molecule has 18 heavy (non-hydrogen) atoms. The summed E-state index contributed by atoms with van der Waals surface area (Å²) in [6.07, 6.45) is 6.24. The van der Waals surface area contributed by atoms with Crippen LogP contribution < -0.4 is 11.1 Å². The fourth-order valence-corrected chi connectivity index (χ4v) is 1.49. The SMILES string of the molecule is CC(Cn1cccn1)NC(=O)c1cnc(N)cn1. The van der Waals surface area contributed by atoms with Gasteiger partial charge in [0.1, 0.15) is 11.5 Å². The maximum Gasteiger partial charge on any atom is 0.271 e. The number of rotatable bonds is 4. The summed E-state index contributed by atoms with van der Waals surface area (Å²) in [5.74, 6) is 0.0123. The molecule has 0 spiro atoms. The van der Waals surface area contributed by atoms with Crippen LogP contribution in [0.3, 0.4) is 0 Å². The summed E-state index contributed by atoms with van der Waals surface area (Å²) >= 11 is 0. The lowest BCUT2D eigenvalue weighted by Crippen LogP contribution is -2.36. The normalized spacial score (nSPS) is 12.1. The first-order valence-electron chi connectivity index (χ1n) is 5.51. The van der Waals surface area contributed by atoms with Crippen LogP contribution in [0.25, 0.3) is 0 Å². The molecule has 0 bridgehead atoms. The maximum absolute atomic E-state index is 11.8. The number of amides is 1. The summed E-state index contributed by atoms with van der Waals surface area (Å²) < 4.78 is 1.75. The van der Waals surface area contributed by atoms with Gasteiger partial charge in [-0.1, -0.05) is 0 Å². The van der Waals surface area contributed by atoms with Gasteiger partial charge in [0, 0.05) is 18.4 Å². The molecule has 2 aromatic rings. The molecular weight excluding hydrogens is 232 g/mol. The van der Waals surface area contributed by atoms with Crippen LogP contribution in [0.1, 0.15) is 17.4 Å². The van der Waals surface area contributed by atoms with Crippen LogP contribution >= 0.6 is 0 Å². The summed E-state index contributed by atoms with van der Waals surface area (Å²) in [7, 11) is 0. The van der Waals surface area contributed by atoms with Crippen LogP contribution in [-0.2, 0) is 6.54 Å². The van der Waals surface area contributed by atoms with E-state index in [1.165, 1.54) is 12.4 Å². The topological polar surface area (TPSA) is 98.7 Å². The van der Waals surface area contributed by atoms with Gasteiger partial charge in [-0.05, 0) is 13.0 Å². The lowest BCUT2D eigenvalue weighted by Gasteiger charge is -2.13. The number of nitrogen functional groups attached to an aromatic ring is 1. The van der Waals surface area contributed by atoms with Crippen molar-refractivity contribution in [3.63, 3.8) is 0 Å². The standard InChI is InChI=1S/C11H14N6O/c1-8(7-17-4-2-3-15-17)16-11(18)9-5-14-10(12)6-13-9/h2-6,8H,7H2,1H3,(H2,12,14)(H,16,18). The molecule has 1 unspecified atom stereocenters. The Hall–Kier alpha value is -2.44. The van der Waals surface area contributed by atoms with Gasteiger partial charge in [0.2, 0.25) is 0 Å². The average Bonchev–Trinajstić information content (AvgIpc) is 2.82. The van der Waals surface area contributed by atoms with E-state index in [2.05, 4.69) is 20.4 Å². The number of nitrogens with zero attached hydrogens (tertiary/aromatic N) is 4. The van der Waals surface area contributed by atoms with Crippen LogP contribution in [0.4, 0.5) is 5.82 Å². The number of carbonyl (C=O) groups is 1. The number of nitrogens with two attached hydrogens (primary N) is 1. The first-order valence-corrected chi connectivity index (χ1v) is 5.51. The van der Waals surface area contributed by atoms with Crippen LogP contribution in [0.15, 0.2) is 30.9 Å². The number of aromatic nitrogens is 4. The van der Waals surface area contributed by atoms with Crippen LogP contribution in [0.2, 0.25) is 0 Å². The first-order chi connectivity index (χ1) is 8.65. The minimum absolute atomic E-state index is 0.0586. The number of hydrogen-bond donors (Lipinski definition) is 2. The molecule has 7 heteroatoms. The molecule has 0 fully saturated rings. The third kappa shape index (κ3) is 3.03. The Labute approximate surface area is 104 Å². The zero-order valence-corrected chi connectivity index (χ0v) is 9.95. The fraction of sp³-hybridized carbons (Fsp3) is 0.273. The Morgan fingerprint density at radius 3 is 2.94 bits per heavy atom. The van der Waals surface area contributed by atoms with Gasteiger partial charge < -0.3 is 11.1 Å². The number of anilines is 1. The van der Waals surface area contributed by atoms with E-state index in [1.807, 2.05) is 19.2 Å². The van der Waals surface area contributed by atoms with Gasteiger partial charge >= 0.3 is 0 Å². The van der Waals surface area contributed by atoms with Crippen molar-refractivity contribution < 1.29 is 4.79 Å². The molecule has 0 radical (unpaired) electrons. The molecule has 0 aliphatic carbocycles. The van der Waals surface area contributed by atoms with E-state index < -0.39 is 0 Å². The summed E-state index contributed by atoms with van der Waals surface area (Å²) in [6, 6.07) is 1.77. The Kier molecular flexibility index (Phi) is 3.52. The van der Waals surface area contributed by atoms with Crippen molar-refractivity contribution in [3.8, 4) is 0 Å². The highest BCUT2D eigenvalue weighted by molar-refractivity contribution is 5.92. The van der Waals surface area contributed by atoms with Crippen molar-refractivity contribution in [2.75, 3.05) is 5.73 Å². The summed E-state index contributed by atoms with van der Waals surface area (Å²) in [5, 5.41) is 6.88. The molecule has 2 heterocycles. The molecule has 2 aromatic heterocycles. The predicted molar refractivity (Wildman–Crippen MR) is 65.6 cm³/mol. The molecule has 2 rings (SSSR count). The number of hydrogen-bond acceptors (Lipinski definition) is 5. The van der Waals surface area contributed by atoms with Crippen molar-refractivity contribution in [2.24, 2.45) is 0 Å². The molecule has 0 aromatic carbocycles. The highest BCUT2D eigenvalue weighted by Gasteiger charge is 2.11. The Bertz CT molecular complexity index is 507. The molecule has 1 atom stereocenters. The summed E-state index contributed by atoms with van der Waals surface area (Å²) in [4.78, 5) is 19.5. The second-order valence-corrected chi connectivity index (χ2v) is 3.93. The molecule has 0 aliphatic rings. The Balaban J connectivity index is 1.92. The molecule has 1 amide bonds. The maximum atomic E-state index is 11.8. The van der Waals surface area contributed by atoms with Crippen molar-refractivity contribution >= 4 is 11.7 Å². The average molecular weight is 246 g/mol. The fourth-order valence-electron chi connectivity index (χ4n) is 1.49. The highest BCUT2D eigenvalue weighted by atomic mass is 16.1. The molecule has 7 nitrogen and oxygen atoms in total. The Morgan fingerprint density at radius 1 is 1.50 bits per heavy atom. The van der Waals surface area contributed by atoms with E-state index in [0.29, 0.717) is 6.54 Å².